The van der Waals surface area contributed by atoms with Crippen LogP contribution in [0.25, 0.3) is 0 Å². The fourth-order valence-corrected chi connectivity index (χ4v) is 9.90. The van der Waals surface area contributed by atoms with Crippen LogP contribution in [0.4, 0.5) is 0 Å². The molecule has 0 fully saturated rings. The molecule has 0 aromatic carbocycles. The summed E-state index contributed by atoms with van der Waals surface area (Å²) < 4.78 is 0. The normalized spacial score (nSPS) is 13.4. The highest BCUT2D eigenvalue weighted by atomic mass is 35.7. The van der Waals surface area contributed by atoms with Gasteiger partial charge in [0.1, 0.15) is 0 Å². The standard InChI is InChI=1S/C9H22Cl2Si2/c1-5-13(6-2,7-3)9-8-12(4,10)11/h5-9H2,1-4H3. The highest BCUT2D eigenvalue weighted by molar-refractivity contribution is 7.45. The molecule has 0 saturated heterocycles. The molecule has 0 unspecified atom stereocenters. The molecule has 0 rings (SSSR count). The second kappa shape index (κ2) is 5.79. The summed E-state index contributed by atoms with van der Waals surface area (Å²) in [5.41, 5.74) is 0. The number of hydrogen-bond donors (Lipinski definition) is 0. The van der Waals surface area contributed by atoms with Crippen molar-refractivity contribution in [1.82, 2.24) is 0 Å². The monoisotopic (exact) mass is 256 g/mol. The zero-order chi connectivity index (χ0) is 10.5. The molecule has 80 valence electrons. The van der Waals surface area contributed by atoms with Crippen molar-refractivity contribution >= 4 is 36.9 Å². The molecule has 0 N–H and O–H groups in total. The Hall–Kier alpha value is 1.01. The quantitative estimate of drug-likeness (QED) is 0.461. The molecule has 0 spiro atoms. The van der Waals surface area contributed by atoms with Gasteiger partial charge in [-0.1, -0.05) is 44.9 Å². The van der Waals surface area contributed by atoms with Gasteiger partial charge in [-0.05, 0) is 12.6 Å². The van der Waals surface area contributed by atoms with Gasteiger partial charge in [0, 0.05) is 0 Å². The summed E-state index contributed by atoms with van der Waals surface area (Å²) in [5.74, 6) is 0. The summed E-state index contributed by atoms with van der Waals surface area (Å²) in [6, 6.07) is 6.60. The van der Waals surface area contributed by atoms with Crippen molar-refractivity contribution in [3.63, 3.8) is 0 Å². The lowest BCUT2D eigenvalue weighted by Gasteiger charge is -2.29. The third-order valence-corrected chi connectivity index (χ3v) is 11.9. The first-order valence-electron chi connectivity index (χ1n) is 5.27. The Labute approximate surface area is 94.4 Å². The predicted octanol–water partition coefficient (Wildman–Crippen LogP) is 5.04. The van der Waals surface area contributed by atoms with Crippen molar-refractivity contribution in [2.75, 3.05) is 0 Å². The van der Waals surface area contributed by atoms with E-state index in [-0.39, 0.29) is 0 Å². The largest absolute Gasteiger partial charge is 0.248 e. The number of rotatable bonds is 6. The maximum Gasteiger partial charge on any atom is 0.248 e. The van der Waals surface area contributed by atoms with E-state index >= 15 is 0 Å². The summed E-state index contributed by atoms with van der Waals surface area (Å²) in [6.07, 6.45) is 0. The minimum atomic E-state index is -1.84. The maximum atomic E-state index is 6.14. The Morgan fingerprint density at radius 1 is 0.846 bits per heavy atom. The van der Waals surface area contributed by atoms with Crippen LogP contribution in [0.15, 0.2) is 0 Å². The second-order valence-corrected chi connectivity index (χ2v) is 18.0. The Bertz CT molecular complexity index is 131. The Kier molecular flexibility index (Phi) is 6.24. The van der Waals surface area contributed by atoms with Crippen LogP contribution in [0.2, 0.25) is 36.8 Å². The Balaban J connectivity index is 4.11. The average molecular weight is 257 g/mol. The molecule has 0 heterocycles. The van der Waals surface area contributed by atoms with Crippen LogP contribution >= 0.6 is 22.2 Å². The van der Waals surface area contributed by atoms with Crippen LogP contribution in [0, 0.1) is 0 Å². The zero-order valence-corrected chi connectivity index (χ0v) is 12.8. The molecular formula is C9H22Cl2Si2. The average Bonchev–Trinajstić information content (AvgIpc) is 2.06. The van der Waals surface area contributed by atoms with E-state index in [2.05, 4.69) is 20.8 Å². The van der Waals surface area contributed by atoms with E-state index in [9.17, 15) is 0 Å². The summed E-state index contributed by atoms with van der Waals surface area (Å²) in [6.45, 7) is 7.20. The van der Waals surface area contributed by atoms with Crippen LogP contribution < -0.4 is 0 Å². The molecule has 0 nitrogen and oxygen atoms in total. The zero-order valence-electron chi connectivity index (χ0n) is 9.29. The minimum Gasteiger partial charge on any atom is -0.146 e. The van der Waals surface area contributed by atoms with Crippen molar-refractivity contribution in [3.05, 3.63) is 0 Å². The maximum absolute atomic E-state index is 6.14. The van der Waals surface area contributed by atoms with E-state index in [1.807, 2.05) is 6.55 Å². The van der Waals surface area contributed by atoms with Gasteiger partial charge in [0.25, 0.3) is 0 Å². The molecule has 0 aliphatic carbocycles. The summed E-state index contributed by atoms with van der Waals surface area (Å²) in [5, 5.41) is 0. The van der Waals surface area contributed by atoms with Crippen LogP contribution in [0.3, 0.4) is 0 Å². The van der Waals surface area contributed by atoms with Crippen molar-refractivity contribution in [1.29, 1.82) is 0 Å². The highest BCUT2D eigenvalue weighted by Crippen LogP contribution is 2.32. The minimum absolute atomic E-state index is 0.961. The third-order valence-electron chi connectivity index (χ3n) is 3.34. The SMILES string of the molecule is CC[Si](CC)(CC)CC[Si](C)(Cl)Cl. The molecule has 0 aromatic rings. The van der Waals surface area contributed by atoms with E-state index in [4.69, 9.17) is 22.2 Å². The lowest BCUT2D eigenvalue weighted by molar-refractivity contribution is 1.11. The number of hydrogen-bond acceptors (Lipinski definition) is 0. The van der Waals surface area contributed by atoms with Gasteiger partial charge in [-0.2, -0.15) is 0 Å². The molecule has 0 aliphatic heterocycles. The molecule has 0 amide bonds. The van der Waals surface area contributed by atoms with Gasteiger partial charge in [0.05, 0.1) is 8.07 Å². The van der Waals surface area contributed by atoms with Gasteiger partial charge < -0.3 is 0 Å². The molecule has 4 heteroatoms. The molecule has 0 aromatic heterocycles. The lowest BCUT2D eigenvalue weighted by Crippen LogP contribution is -2.33. The van der Waals surface area contributed by atoms with Crippen LogP contribution in [-0.2, 0) is 0 Å². The summed E-state index contributed by atoms with van der Waals surface area (Å²) >= 11 is 12.3. The predicted molar refractivity (Wildman–Crippen MR) is 70.1 cm³/mol. The van der Waals surface area contributed by atoms with Gasteiger partial charge in [0.15, 0.2) is 0 Å². The van der Waals surface area contributed by atoms with Crippen molar-refractivity contribution < 1.29 is 0 Å². The third kappa shape index (κ3) is 5.45. The van der Waals surface area contributed by atoms with Crippen molar-refractivity contribution in [2.24, 2.45) is 0 Å². The fourth-order valence-electron chi connectivity index (χ4n) is 1.76. The van der Waals surface area contributed by atoms with Crippen LogP contribution in [0.1, 0.15) is 20.8 Å². The molecule has 13 heavy (non-hydrogen) atoms. The Morgan fingerprint density at radius 2 is 1.23 bits per heavy atom. The topological polar surface area (TPSA) is 0 Å². The van der Waals surface area contributed by atoms with Gasteiger partial charge in [-0.15, -0.1) is 22.2 Å². The molecule has 0 saturated carbocycles. The summed E-state index contributed by atoms with van der Waals surface area (Å²) in [7, 11) is -0.961. The van der Waals surface area contributed by atoms with E-state index in [1.165, 1.54) is 24.2 Å². The summed E-state index contributed by atoms with van der Waals surface area (Å²) in [4.78, 5) is 0. The molecule has 0 bridgehead atoms. The van der Waals surface area contributed by atoms with Crippen molar-refractivity contribution in [2.45, 2.75) is 57.5 Å². The van der Waals surface area contributed by atoms with Gasteiger partial charge in [-0.3, -0.25) is 0 Å². The van der Waals surface area contributed by atoms with E-state index in [1.54, 1.807) is 0 Å². The molecule has 0 atom stereocenters. The first kappa shape index (κ1) is 14.0. The second-order valence-electron chi connectivity index (χ2n) is 4.13. The van der Waals surface area contributed by atoms with Crippen LogP contribution in [-0.4, -0.2) is 14.8 Å². The molecule has 0 aliphatic rings. The van der Waals surface area contributed by atoms with Gasteiger partial charge >= 0.3 is 0 Å². The lowest BCUT2D eigenvalue weighted by atomic mass is 10.9. The van der Waals surface area contributed by atoms with E-state index in [0.29, 0.717) is 0 Å². The van der Waals surface area contributed by atoms with Crippen molar-refractivity contribution in [3.8, 4) is 0 Å². The van der Waals surface area contributed by atoms with E-state index in [0.717, 1.165) is 6.04 Å². The smallest absolute Gasteiger partial charge is 0.146 e. The fraction of sp³-hybridized carbons (Fsp3) is 1.00. The Morgan fingerprint density at radius 3 is 1.46 bits per heavy atom. The molecular weight excluding hydrogens is 235 g/mol. The first-order valence-corrected chi connectivity index (χ1v) is 12.8. The van der Waals surface area contributed by atoms with Gasteiger partial charge in [-0.25, -0.2) is 0 Å². The van der Waals surface area contributed by atoms with Gasteiger partial charge in [0.2, 0.25) is 6.69 Å². The number of halogens is 2. The van der Waals surface area contributed by atoms with Crippen LogP contribution in [0.5, 0.6) is 0 Å². The first-order chi connectivity index (χ1) is 5.89. The van der Waals surface area contributed by atoms with E-state index < -0.39 is 14.8 Å². The molecule has 0 radical (unpaired) electrons. The highest BCUT2D eigenvalue weighted by Gasteiger charge is 2.31.